The largest absolute Gasteiger partial charge is 0.437 e. The SMILES string of the molecule is O=C(OC(C1CCC(C(O)(C(F)(F)F)C(F)(F)F)CC1)(C(F)(F)F)C(F)(F)F)c1ccc([S+](c2ccccc2)c2ccccc2)cc1. The fourth-order valence-electron chi connectivity index (χ4n) is 5.82. The highest BCUT2D eigenvalue weighted by Crippen LogP contribution is 2.58. The van der Waals surface area contributed by atoms with Crippen LogP contribution in [-0.4, -0.2) is 47.0 Å². The van der Waals surface area contributed by atoms with Crippen molar-refractivity contribution in [2.45, 2.75) is 76.3 Å². The topological polar surface area (TPSA) is 46.5 Å². The molecule has 0 aliphatic heterocycles. The number of hydrogen-bond acceptors (Lipinski definition) is 3. The minimum absolute atomic E-state index is 0.539. The predicted octanol–water partition coefficient (Wildman–Crippen LogP) is 9.46. The van der Waals surface area contributed by atoms with Crippen LogP contribution in [0.25, 0.3) is 0 Å². The van der Waals surface area contributed by atoms with E-state index in [0.29, 0.717) is 4.90 Å². The highest BCUT2D eigenvalue weighted by Gasteiger charge is 2.79. The first kappa shape index (κ1) is 36.4. The molecular weight excluding hydrogens is 680 g/mol. The summed E-state index contributed by atoms with van der Waals surface area (Å²) in [6.45, 7) is 0. The van der Waals surface area contributed by atoms with E-state index in [9.17, 15) is 62.6 Å². The van der Waals surface area contributed by atoms with E-state index >= 15 is 0 Å². The maximum atomic E-state index is 14.4. The summed E-state index contributed by atoms with van der Waals surface area (Å²) in [5, 5.41) is 9.64. The molecule has 1 aliphatic rings. The second kappa shape index (κ2) is 12.9. The molecule has 0 spiro atoms. The summed E-state index contributed by atoms with van der Waals surface area (Å²) < 4.78 is 170. The van der Waals surface area contributed by atoms with Crippen LogP contribution >= 0.6 is 0 Å². The molecular formula is C31H25F12O3S+. The molecule has 1 aliphatic carbocycles. The number of ether oxygens (including phenoxy) is 1. The van der Waals surface area contributed by atoms with Gasteiger partial charge in [0.15, 0.2) is 14.7 Å². The van der Waals surface area contributed by atoms with E-state index < -0.39 is 95.9 Å². The molecule has 4 rings (SSSR count). The van der Waals surface area contributed by atoms with Gasteiger partial charge in [0.25, 0.3) is 5.60 Å². The third-order valence-corrected chi connectivity index (χ3v) is 10.4. The molecule has 1 fully saturated rings. The first-order valence-corrected chi connectivity index (χ1v) is 15.0. The second-order valence-electron chi connectivity index (χ2n) is 10.9. The Kier molecular flexibility index (Phi) is 10.00. The van der Waals surface area contributed by atoms with Crippen molar-refractivity contribution in [3.63, 3.8) is 0 Å². The zero-order valence-corrected chi connectivity index (χ0v) is 24.6. The summed E-state index contributed by atoms with van der Waals surface area (Å²) in [5.74, 6) is -7.67. The summed E-state index contributed by atoms with van der Waals surface area (Å²) in [6, 6.07) is 22.4. The molecule has 0 radical (unpaired) electrons. The number of benzene rings is 3. The average molecular weight is 706 g/mol. The lowest BCUT2D eigenvalue weighted by atomic mass is 9.67. The first-order valence-electron chi connectivity index (χ1n) is 13.8. The molecule has 3 aromatic carbocycles. The Labute approximate surface area is 262 Å². The number of esters is 1. The molecule has 3 aromatic rings. The van der Waals surface area contributed by atoms with E-state index in [1.54, 1.807) is 60.7 Å². The lowest BCUT2D eigenvalue weighted by Crippen LogP contribution is -2.66. The fraction of sp³-hybridized carbons (Fsp3) is 0.387. The molecule has 3 nitrogen and oxygen atoms in total. The van der Waals surface area contributed by atoms with E-state index in [1.807, 2.05) is 0 Å². The highest BCUT2D eigenvalue weighted by atomic mass is 32.2. The van der Waals surface area contributed by atoms with Gasteiger partial charge in [0.1, 0.15) is 0 Å². The summed E-state index contributed by atoms with van der Waals surface area (Å²) >= 11 is 0. The molecule has 0 saturated heterocycles. The maximum Gasteiger partial charge on any atom is 0.437 e. The van der Waals surface area contributed by atoms with E-state index in [2.05, 4.69) is 4.74 Å². The van der Waals surface area contributed by atoms with Crippen LogP contribution in [0.15, 0.2) is 99.6 Å². The lowest BCUT2D eigenvalue weighted by molar-refractivity contribution is -0.397. The number of alkyl halides is 12. The van der Waals surface area contributed by atoms with Gasteiger partial charge in [-0.05, 0) is 74.2 Å². The number of rotatable bonds is 7. The van der Waals surface area contributed by atoms with Crippen molar-refractivity contribution in [1.82, 2.24) is 0 Å². The van der Waals surface area contributed by atoms with E-state index in [-0.39, 0.29) is 0 Å². The molecule has 0 amide bonds. The summed E-state index contributed by atoms with van der Waals surface area (Å²) in [5.41, 5.74) is -11.4. The van der Waals surface area contributed by atoms with Gasteiger partial charge in [0.2, 0.25) is 0 Å². The van der Waals surface area contributed by atoms with Crippen molar-refractivity contribution in [3.05, 3.63) is 90.5 Å². The number of carbonyl (C=O) groups is 1. The van der Waals surface area contributed by atoms with Crippen molar-refractivity contribution in [2.75, 3.05) is 0 Å². The first-order chi connectivity index (χ1) is 21.6. The Balaban J connectivity index is 1.66. The summed E-state index contributed by atoms with van der Waals surface area (Å²) in [4.78, 5) is 15.1. The van der Waals surface area contributed by atoms with Crippen LogP contribution in [0, 0.1) is 11.8 Å². The third-order valence-electron chi connectivity index (χ3n) is 8.14. The van der Waals surface area contributed by atoms with Gasteiger partial charge in [0.05, 0.1) is 16.5 Å². The number of halogens is 12. The molecule has 256 valence electrons. The Morgan fingerprint density at radius 3 is 1.28 bits per heavy atom. The van der Waals surface area contributed by atoms with Gasteiger partial charge in [-0.3, -0.25) is 0 Å². The van der Waals surface area contributed by atoms with Crippen LogP contribution in [0.3, 0.4) is 0 Å². The van der Waals surface area contributed by atoms with E-state index in [0.717, 1.165) is 21.9 Å². The number of hydrogen-bond donors (Lipinski definition) is 1. The molecule has 47 heavy (non-hydrogen) atoms. The Morgan fingerprint density at radius 1 is 0.553 bits per heavy atom. The van der Waals surface area contributed by atoms with Crippen molar-refractivity contribution >= 4 is 16.9 Å². The van der Waals surface area contributed by atoms with Crippen LogP contribution in [0.1, 0.15) is 36.0 Å². The molecule has 0 unspecified atom stereocenters. The zero-order chi connectivity index (χ0) is 35.1. The molecule has 0 atom stereocenters. The summed E-state index contributed by atoms with van der Waals surface area (Å²) in [6.07, 6.45) is -31.5. The zero-order valence-electron chi connectivity index (χ0n) is 23.8. The van der Waals surface area contributed by atoms with Gasteiger partial charge in [-0.15, -0.1) is 0 Å². The Hall–Kier alpha value is -3.40. The quantitative estimate of drug-likeness (QED) is 0.151. The van der Waals surface area contributed by atoms with Crippen molar-refractivity contribution < 1.29 is 67.3 Å². The molecule has 1 saturated carbocycles. The summed E-state index contributed by atoms with van der Waals surface area (Å²) in [7, 11) is -0.804. The van der Waals surface area contributed by atoms with E-state index in [4.69, 9.17) is 0 Å². The van der Waals surface area contributed by atoms with Gasteiger partial charge in [0, 0.05) is 11.8 Å². The fourth-order valence-corrected chi connectivity index (χ4v) is 7.90. The third kappa shape index (κ3) is 6.80. The molecule has 0 aromatic heterocycles. The van der Waals surface area contributed by atoms with Crippen LogP contribution in [0.2, 0.25) is 0 Å². The monoisotopic (exact) mass is 705 g/mol. The number of carbonyl (C=O) groups excluding carboxylic acids is 1. The highest BCUT2D eigenvalue weighted by molar-refractivity contribution is 7.97. The van der Waals surface area contributed by atoms with Gasteiger partial charge >= 0.3 is 36.3 Å². The van der Waals surface area contributed by atoms with Crippen molar-refractivity contribution in [1.29, 1.82) is 0 Å². The van der Waals surface area contributed by atoms with Crippen LogP contribution in [-0.2, 0) is 15.6 Å². The van der Waals surface area contributed by atoms with Gasteiger partial charge in [-0.1, -0.05) is 36.4 Å². The molecule has 1 N–H and O–H groups in total. The minimum Gasteiger partial charge on any atom is -0.435 e. The Bertz CT molecular complexity index is 1430. The normalized spacial score (nSPS) is 18.7. The van der Waals surface area contributed by atoms with Gasteiger partial charge in [-0.25, -0.2) is 4.79 Å². The Morgan fingerprint density at radius 2 is 0.915 bits per heavy atom. The smallest absolute Gasteiger partial charge is 0.435 e. The van der Waals surface area contributed by atoms with E-state index in [1.165, 1.54) is 12.1 Å². The lowest BCUT2D eigenvalue weighted by Gasteiger charge is -2.47. The van der Waals surface area contributed by atoms with Gasteiger partial charge < -0.3 is 9.84 Å². The predicted molar refractivity (Wildman–Crippen MR) is 144 cm³/mol. The maximum absolute atomic E-state index is 14.4. The van der Waals surface area contributed by atoms with Crippen molar-refractivity contribution in [2.24, 2.45) is 11.8 Å². The molecule has 16 heteroatoms. The van der Waals surface area contributed by atoms with Crippen LogP contribution in [0.5, 0.6) is 0 Å². The molecule has 0 bridgehead atoms. The van der Waals surface area contributed by atoms with Crippen LogP contribution < -0.4 is 0 Å². The number of aliphatic hydroxyl groups is 1. The minimum atomic E-state index is -6.38. The standard InChI is InChI=1S/C31H25F12O3S/c32-28(33,34)26(45,29(35,36)37)20-13-15-21(16-14-20)27(30(38,39)40,31(41,42)43)46-25(44)19-11-17-24(18-12-19)47(22-7-3-1-4-8-22)23-9-5-2-6-10-23/h1-12,17-18,20-21,45H,13-16H2/q+1. The average Bonchev–Trinajstić information content (AvgIpc) is 2.98. The van der Waals surface area contributed by atoms with Crippen LogP contribution in [0.4, 0.5) is 52.7 Å². The molecule has 0 heterocycles. The van der Waals surface area contributed by atoms with Gasteiger partial charge in [-0.2, -0.15) is 52.7 Å². The second-order valence-corrected chi connectivity index (χ2v) is 12.9. The van der Waals surface area contributed by atoms with Crippen molar-refractivity contribution in [3.8, 4) is 0 Å².